The third-order valence-corrected chi connectivity index (χ3v) is 3.71. The minimum atomic E-state index is 0.437. The van der Waals surface area contributed by atoms with E-state index in [1.165, 1.54) is 19.3 Å². The molecule has 1 heterocycles. The number of methoxy groups -OCH3 is 1. The lowest BCUT2D eigenvalue weighted by atomic mass is 9.80. The average Bonchev–Trinajstić information content (AvgIpc) is 2.60. The third kappa shape index (κ3) is 2.50. The van der Waals surface area contributed by atoms with Crippen LogP contribution in [0.25, 0.3) is 0 Å². The Bertz CT molecular complexity index is 359. The van der Waals surface area contributed by atoms with Gasteiger partial charge in [-0.15, -0.1) is 5.10 Å². The summed E-state index contributed by atoms with van der Waals surface area (Å²) in [6, 6.07) is 0.437. The number of rotatable bonds is 6. The lowest BCUT2D eigenvalue weighted by molar-refractivity contribution is 0.158. The van der Waals surface area contributed by atoms with Gasteiger partial charge in [-0.3, -0.25) is 0 Å². The molecule has 1 aromatic heterocycles. The minimum Gasteiger partial charge on any atom is -0.378 e. The van der Waals surface area contributed by atoms with Crippen molar-refractivity contribution in [2.75, 3.05) is 14.2 Å². The molecule has 1 unspecified atom stereocenters. The van der Waals surface area contributed by atoms with Crippen LogP contribution in [0.5, 0.6) is 0 Å². The Morgan fingerprint density at radius 1 is 1.53 bits per heavy atom. The number of aromatic nitrogens is 3. The zero-order valence-electron chi connectivity index (χ0n) is 10.9. The van der Waals surface area contributed by atoms with Crippen molar-refractivity contribution in [2.24, 2.45) is 5.92 Å². The van der Waals surface area contributed by atoms with Gasteiger partial charge in [-0.25, -0.2) is 4.68 Å². The first-order chi connectivity index (χ1) is 8.27. The lowest BCUT2D eigenvalue weighted by Gasteiger charge is -2.32. The monoisotopic (exact) mass is 238 g/mol. The average molecular weight is 238 g/mol. The van der Waals surface area contributed by atoms with Gasteiger partial charge in [0.2, 0.25) is 0 Å². The van der Waals surface area contributed by atoms with Gasteiger partial charge in [-0.1, -0.05) is 11.6 Å². The van der Waals surface area contributed by atoms with E-state index < -0.39 is 0 Å². The molecule has 17 heavy (non-hydrogen) atoms. The predicted molar refractivity (Wildman–Crippen MR) is 65.6 cm³/mol. The van der Waals surface area contributed by atoms with Gasteiger partial charge in [0.05, 0.1) is 18.3 Å². The maximum absolute atomic E-state index is 5.27. The first-order valence-electron chi connectivity index (χ1n) is 6.34. The topological polar surface area (TPSA) is 52.0 Å². The summed E-state index contributed by atoms with van der Waals surface area (Å²) < 4.78 is 7.32. The normalized spacial score (nSPS) is 18.1. The van der Waals surface area contributed by atoms with Crippen LogP contribution in [0.2, 0.25) is 0 Å². The molecule has 1 saturated carbocycles. The van der Waals surface area contributed by atoms with Crippen LogP contribution in [0.1, 0.15) is 43.6 Å². The third-order valence-electron chi connectivity index (χ3n) is 3.71. The van der Waals surface area contributed by atoms with E-state index in [9.17, 15) is 0 Å². The van der Waals surface area contributed by atoms with Crippen LogP contribution in [0.4, 0.5) is 0 Å². The second-order valence-corrected chi connectivity index (χ2v) is 4.82. The summed E-state index contributed by atoms with van der Waals surface area (Å²) in [6.45, 7) is 3.57. The standard InChI is InChI=1S/C12H22N4O/c1-9(10-5-4-6-10)16-12(8-17-3)11(7-13-2)14-15-16/h9-10,13H,4-8H2,1-3H3. The molecule has 5 nitrogen and oxygen atoms in total. The summed E-state index contributed by atoms with van der Waals surface area (Å²) >= 11 is 0. The van der Waals surface area contributed by atoms with Crippen LogP contribution >= 0.6 is 0 Å². The zero-order chi connectivity index (χ0) is 12.3. The SMILES string of the molecule is CNCc1nnn(C(C)C2CCC2)c1COC. The Hall–Kier alpha value is -0.940. The highest BCUT2D eigenvalue weighted by Gasteiger charge is 2.28. The van der Waals surface area contributed by atoms with E-state index in [0.29, 0.717) is 12.6 Å². The molecule has 0 radical (unpaired) electrons. The van der Waals surface area contributed by atoms with E-state index in [1.807, 2.05) is 7.05 Å². The molecule has 1 atom stereocenters. The molecule has 1 fully saturated rings. The molecule has 1 N–H and O–H groups in total. The van der Waals surface area contributed by atoms with Crippen molar-refractivity contribution in [3.05, 3.63) is 11.4 Å². The first-order valence-corrected chi connectivity index (χ1v) is 6.34. The Balaban J connectivity index is 2.19. The van der Waals surface area contributed by atoms with Crippen molar-refractivity contribution in [3.63, 3.8) is 0 Å². The maximum atomic E-state index is 5.27. The van der Waals surface area contributed by atoms with Crippen molar-refractivity contribution >= 4 is 0 Å². The molecular formula is C12H22N4O. The smallest absolute Gasteiger partial charge is 0.102 e. The molecule has 0 bridgehead atoms. The van der Waals surface area contributed by atoms with Gasteiger partial charge < -0.3 is 10.1 Å². The summed E-state index contributed by atoms with van der Waals surface area (Å²) in [4.78, 5) is 0. The highest BCUT2D eigenvalue weighted by atomic mass is 16.5. The highest BCUT2D eigenvalue weighted by Crippen LogP contribution is 2.36. The number of hydrogen-bond acceptors (Lipinski definition) is 4. The van der Waals surface area contributed by atoms with Crippen molar-refractivity contribution in [3.8, 4) is 0 Å². The Morgan fingerprint density at radius 2 is 2.29 bits per heavy atom. The van der Waals surface area contributed by atoms with Crippen molar-refractivity contribution < 1.29 is 4.74 Å². The Kier molecular flexibility index (Phi) is 4.12. The quantitative estimate of drug-likeness (QED) is 0.816. The molecule has 0 saturated heterocycles. The second-order valence-electron chi connectivity index (χ2n) is 4.82. The largest absolute Gasteiger partial charge is 0.378 e. The van der Waals surface area contributed by atoms with E-state index >= 15 is 0 Å². The van der Waals surface area contributed by atoms with Crippen LogP contribution < -0.4 is 5.32 Å². The van der Waals surface area contributed by atoms with E-state index in [2.05, 4.69) is 27.2 Å². The molecule has 96 valence electrons. The number of nitrogens with zero attached hydrogens (tertiary/aromatic N) is 3. The lowest BCUT2D eigenvalue weighted by Crippen LogP contribution is -2.25. The fraction of sp³-hybridized carbons (Fsp3) is 0.833. The van der Waals surface area contributed by atoms with E-state index in [-0.39, 0.29) is 0 Å². The summed E-state index contributed by atoms with van der Waals surface area (Å²) in [5.74, 6) is 0.759. The number of nitrogens with one attached hydrogen (secondary N) is 1. The fourth-order valence-corrected chi connectivity index (χ4v) is 2.39. The molecular weight excluding hydrogens is 216 g/mol. The van der Waals surface area contributed by atoms with Crippen LogP contribution in [0.15, 0.2) is 0 Å². The predicted octanol–water partition coefficient (Wildman–Crippen LogP) is 1.50. The highest BCUT2D eigenvalue weighted by molar-refractivity contribution is 5.10. The van der Waals surface area contributed by atoms with Gasteiger partial charge in [-0.05, 0) is 32.7 Å². The molecule has 1 aliphatic carbocycles. The molecule has 1 aromatic rings. The number of hydrogen-bond donors (Lipinski definition) is 1. The summed E-state index contributed by atoms with van der Waals surface area (Å²) in [5, 5.41) is 11.7. The molecule has 0 aromatic carbocycles. The zero-order valence-corrected chi connectivity index (χ0v) is 10.9. The van der Waals surface area contributed by atoms with Crippen molar-refractivity contribution in [2.45, 2.75) is 45.4 Å². The Labute approximate surface area is 103 Å². The van der Waals surface area contributed by atoms with Gasteiger partial charge in [0, 0.05) is 13.7 Å². The van der Waals surface area contributed by atoms with Gasteiger partial charge in [-0.2, -0.15) is 0 Å². The first kappa shape index (κ1) is 12.5. The van der Waals surface area contributed by atoms with Crippen LogP contribution in [-0.2, 0) is 17.9 Å². The maximum Gasteiger partial charge on any atom is 0.102 e. The fourth-order valence-electron chi connectivity index (χ4n) is 2.39. The van der Waals surface area contributed by atoms with Gasteiger partial charge in [0.1, 0.15) is 5.69 Å². The van der Waals surface area contributed by atoms with Gasteiger partial charge in [0.15, 0.2) is 0 Å². The van der Waals surface area contributed by atoms with Crippen LogP contribution in [0.3, 0.4) is 0 Å². The Morgan fingerprint density at radius 3 is 2.82 bits per heavy atom. The van der Waals surface area contributed by atoms with E-state index in [0.717, 1.165) is 23.9 Å². The van der Waals surface area contributed by atoms with Gasteiger partial charge in [0.25, 0.3) is 0 Å². The molecule has 0 amide bonds. The molecule has 5 heteroatoms. The van der Waals surface area contributed by atoms with E-state index in [4.69, 9.17) is 4.74 Å². The van der Waals surface area contributed by atoms with Gasteiger partial charge >= 0.3 is 0 Å². The second kappa shape index (κ2) is 5.60. The van der Waals surface area contributed by atoms with Crippen molar-refractivity contribution in [1.29, 1.82) is 0 Å². The summed E-state index contributed by atoms with van der Waals surface area (Å²) in [5.41, 5.74) is 2.11. The molecule has 2 rings (SSSR count). The van der Waals surface area contributed by atoms with Crippen LogP contribution in [-0.4, -0.2) is 29.2 Å². The molecule has 0 spiro atoms. The summed E-state index contributed by atoms with van der Waals surface area (Å²) in [6.07, 6.45) is 3.98. The number of ether oxygens (including phenoxy) is 1. The summed E-state index contributed by atoms with van der Waals surface area (Å²) in [7, 11) is 3.64. The van der Waals surface area contributed by atoms with Crippen molar-refractivity contribution in [1.82, 2.24) is 20.3 Å². The van der Waals surface area contributed by atoms with E-state index in [1.54, 1.807) is 7.11 Å². The molecule has 1 aliphatic rings. The minimum absolute atomic E-state index is 0.437. The molecule has 0 aliphatic heterocycles. The van der Waals surface area contributed by atoms with Crippen LogP contribution in [0, 0.1) is 5.92 Å².